The van der Waals surface area contributed by atoms with Gasteiger partial charge in [0.1, 0.15) is 5.82 Å². The Hall–Kier alpha value is -1.29. The maximum atomic E-state index is 9.30. The van der Waals surface area contributed by atoms with Crippen molar-refractivity contribution in [1.82, 2.24) is 4.98 Å². The van der Waals surface area contributed by atoms with Crippen LogP contribution in [-0.4, -0.2) is 29.8 Å². The van der Waals surface area contributed by atoms with Gasteiger partial charge in [-0.25, -0.2) is 4.98 Å². The Bertz CT molecular complexity index is 370. The largest absolute Gasteiger partial charge is 0.396 e. The molecule has 4 heteroatoms. The number of anilines is 2. The highest BCUT2D eigenvalue weighted by atomic mass is 16.3. The Labute approximate surface area is 109 Å². The van der Waals surface area contributed by atoms with Crippen LogP contribution >= 0.6 is 0 Å². The summed E-state index contributed by atoms with van der Waals surface area (Å²) in [7, 11) is 0. The monoisotopic (exact) mass is 249 g/mol. The van der Waals surface area contributed by atoms with E-state index in [0.29, 0.717) is 18.4 Å². The zero-order valence-corrected chi connectivity index (χ0v) is 11.0. The van der Waals surface area contributed by atoms with E-state index >= 15 is 0 Å². The molecule has 1 aromatic heterocycles. The molecule has 3 N–H and O–H groups in total. The van der Waals surface area contributed by atoms with Crippen LogP contribution in [0, 0.1) is 11.8 Å². The quantitative estimate of drug-likeness (QED) is 0.724. The van der Waals surface area contributed by atoms with E-state index in [9.17, 15) is 5.11 Å². The lowest BCUT2D eigenvalue weighted by atomic mass is 9.97. The van der Waals surface area contributed by atoms with Crippen LogP contribution in [0.1, 0.15) is 26.2 Å². The summed E-state index contributed by atoms with van der Waals surface area (Å²) in [6, 6.07) is 4.02. The van der Waals surface area contributed by atoms with Crippen LogP contribution in [0.3, 0.4) is 0 Å². The molecule has 1 heterocycles. The third kappa shape index (κ3) is 3.35. The lowest BCUT2D eigenvalue weighted by Crippen LogP contribution is -2.20. The average molecular weight is 249 g/mol. The van der Waals surface area contributed by atoms with Gasteiger partial charge in [0.15, 0.2) is 0 Å². The number of pyridine rings is 1. The van der Waals surface area contributed by atoms with E-state index in [-0.39, 0.29) is 0 Å². The summed E-state index contributed by atoms with van der Waals surface area (Å²) in [5.41, 5.74) is 1.10. The molecule has 0 radical (unpaired) electrons. The predicted octanol–water partition coefficient (Wildman–Crippen LogP) is 2.33. The summed E-state index contributed by atoms with van der Waals surface area (Å²) in [5.74, 6) is 1.99. The molecule has 4 nitrogen and oxygen atoms in total. The van der Waals surface area contributed by atoms with Crippen LogP contribution < -0.4 is 10.6 Å². The summed E-state index contributed by atoms with van der Waals surface area (Å²) in [5, 5.41) is 16.0. The van der Waals surface area contributed by atoms with Gasteiger partial charge in [0, 0.05) is 37.6 Å². The number of hydrogen-bond donors (Lipinski definition) is 3. The van der Waals surface area contributed by atoms with E-state index in [1.165, 1.54) is 19.3 Å². The van der Waals surface area contributed by atoms with Crippen LogP contribution in [0.15, 0.2) is 18.3 Å². The second kappa shape index (κ2) is 6.59. The Morgan fingerprint density at radius 1 is 1.33 bits per heavy atom. The second-order valence-electron chi connectivity index (χ2n) is 4.97. The maximum Gasteiger partial charge on any atom is 0.127 e. The fraction of sp³-hybridized carbons (Fsp3) is 0.643. The number of nitrogens with one attached hydrogen (secondary N) is 2. The molecule has 1 fully saturated rings. The van der Waals surface area contributed by atoms with Crippen molar-refractivity contribution in [3.63, 3.8) is 0 Å². The maximum absolute atomic E-state index is 9.30. The van der Waals surface area contributed by atoms with Crippen molar-refractivity contribution in [3.05, 3.63) is 18.3 Å². The number of nitrogens with zero attached hydrogens (tertiary/aromatic N) is 1. The van der Waals surface area contributed by atoms with Gasteiger partial charge in [-0.15, -0.1) is 0 Å². The molecule has 2 unspecified atom stereocenters. The van der Waals surface area contributed by atoms with E-state index < -0.39 is 0 Å². The third-order valence-electron chi connectivity index (χ3n) is 3.74. The normalized spacial score (nSPS) is 23.0. The molecule has 0 bridgehead atoms. The van der Waals surface area contributed by atoms with Crippen molar-refractivity contribution in [1.29, 1.82) is 0 Å². The molecule has 100 valence electrons. The molecular formula is C14H23N3O. The highest BCUT2D eigenvalue weighted by Gasteiger charge is 2.26. The molecule has 0 amide bonds. The van der Waals surface area contributed by atoms with Gasteiger partial charge in [-0.1, -0.05) is 6.42 Å². The van der Waals surface area contributed by atoms with Gasteiger partial charge < -0.3 is 15.7 Å². The molecule has 2 rings (SSSR count). The van der Waals surface area contributed by atoms with Gasteiger partial charge >= 0.3 is 0 Å². The standard InChI is InChI=1S/C14H23N3O/c1-2-15-14-8-13(6-7-16-14)17-9-11-4-3-5-12(11)10-18/h6-8,11-12,18H,2-5,9-10H2,1H3,(H2,15,16,17). The summed E-state index contributed by atoms with van der Waals surface area (Å²) >= 11 is 0. The van der Waals surface area contributed by atoms with Crippen molar-refractivity contribution in [3.8, 4) is 0 Å². The summed E-state index contributed by atoms with van der Waals surface area (Å²) < 4.78 is 0. The van der Waals surface area contributed by atoms with Crippen LogP contribution in [0.5, 0.6) is 0 Å². The van der Waals surface area contributed by atoms with Crippen molar-refractivity contribution in [2.45, 2.75) is 26.2 Å². The van der Waals surface area contributed by atoms with Crippen molar-refractivity contribution < 1.29 is 5.11 Å². The van der Waals surface area contributed by atoms with E-state index in [1.54, 1.807) is 0 Å². The minimum Gasteiger partial charge on any atom is -0.396 e. The minimum absolute atomic E-state index is 0.325. The van der Waals surface area contributed by atoms with Gasteiger partial charge in [0.05, 0.1) is 0 Å². The minimum atomic E-state index is 0.325. The zero-order chi connectivity index (χ0) is 12.8. The number of aromatic nitrogens is 1. The molecule has 0 aliphatic heterocycles. The van der Waals surface area contributed by atoms with Gasteiger partial charge in [0.2, 0.25) is 0 Å². The average Bonchev–Trinajstić information content (AvgIpc) is 2.84. The van der Waals surface area contributed by atoms with Crippen molar-refractivity contribution in [2.75, 3.05) is 30.3 Å². The molecule has 0 saturated heterocycles. The first-order valence-electron chi connectivity index (χ1n) is 6.88. The molecule has 1 aliphatic carbocycles. The Kier molecular flexibility index (Phi) is 4.81. The summed E-state index contributed by atoms with van der Waals surface area (Å²) in [6.45, 7) is 4.21. The lowest BCUT2D eigenvalue weighted by molar-refractivity contribution is 0.199. The third-order valence-corrected chi connectivity index (χ3v) is 3.74. The first-order valence-corrected chi connectivity index (χ1v) is 6.88. The molecule has 0 aromatic carbocycles. The fourth-order valence-electron chi connectivity index (χ4n) is 2.69. The smallest absolute Gasteiger partial charge is 0.127 e. The summed E-state index contributed by atoms with van der Waals surface area (Å²) in [6.07, 6.45) is 5.46. The Morgan fingerprint density at radius 3 is 2.94 bits per heavy atom. The number of rotatable bonds is 6. The van der Waals surface area contributed by atoms with Crippen LogP contribution in [0.2, 0.25) is 0 Å². The molecule has 2 atom stereocenters. The van der Waals surface area contributed by atoms with E-state index in [1.807, 2.05) is 18.3 Å². The van der Waals surface area contributed by atoms with Gasteiger partial charge in [-0.3, -0.25) is 0 Å². The lowest BCUT2D eigenvalue weighted by Gasteiger charge is -2.18. The van der Waals surface area contributed by atoms with E-state index in [2.05, 4.69) is 22.5 Å². The molecule has 0 spiro atoms. The highest BCUT2D eigenvalue weighted by Crippen LogP contribution is 2.31. The summed E-state index contributed by atoms with van der Waals surface area (Å²) in [4.78, 5) is 4.25. The van der Waals surface area contributed by atoms with Crippen LogP contribution in [-0.2, 0) is 0 Å². The first-order chi connectivity index (χ1) is 8.83. The molecular weight excluding hydrogens is 226 g/mol. The number of hydrogen-bond acceptors (Lipinski definition) is 4. The van der Waals surface area contributed by atoms with Gasteiger partial charge in [0.25, 0.3) is 0 Å². The fourth-order valence-corrected chi connectivity index (χ4v) is 2.69. The number of aliphatic hydroxyl groups is 1. The predicted molar refractivity (Wildman–Crippen MR) is 74.8 cm³/mol. The topological polar surface area (TPSA) is 57.2 Å². The molecule has 1 aliphatic rings. The Balaban J connectivity index is 1.87. The Morgan fingerprint density at radius 2 is 2.17 bits per heavy atom. The van der Waals surface area contributed by atoms with Crippen molar-refractivity contribution >= 4 is 11.5 Å². The number of aliphatic hydroxyl groups excluding tert-OH is 1. The second-order valence-corrected chi connectivity index (χ2v) is 4.97. The SMILES string of the molecule is CCNc1cc(NCC2CCCC2CO)ccn1. The molecule has 1 saturated carbocycles. The van der Waals surface area contributed by atoms with E-state index in [0.717, 1.165) is 24.6 Å². The van der Waals surface area contributed by atoms with Crippen LogP contribution in [0.25, 0.3) is 0 Å². The first kappa shape index (κ1) is 13.1. The highest BCUT2D eigenvalue weighted by molar-refractivity contribution is 5.51. The zero-order valence-electron chi connectivity index (χ0n) is 11.0. The van der Waals surface area contributed by atoms with Gasteiger partial charge in [-0.05, 0) is 37.7 Å². The van der Waals surface area contributed by atoms with Crippen LogP contribution in [0.4, 0.5) is 11.5 Å². The van der Waals surface area contributed by atoms with E-state index in [4.69, 9.17) is 0 Å². The molecule has 1 aromatic rings. The molecule has 18 heavy (non-hydrogen) atoms. The van der Waals surface area contributed by atoms with Gasteiger partial charge in [-0.2, -0.15) is 0 Å². The van der Waals surface area contributed by atoms with Crippen molar-refractivity contribution in [2.24, 2.45) is 11.8 Å².